The lowest BCUT2D eigenvalue weighted by atomic mass is 9.90. The third-order valence-corrected chi connectivity index (χ3v) is 4.26. The Morgan fingerprint density at radius 2 is 1.92 bits per heavy atom. The van der Waals surface area contributed by atoms with Gasteiger partial charge in [-0.15, -0.1) is 0 Å². The number of aliphatic carboxylic acids is 1. The Labute approximate surface area is 148 Å². The maximum Gasteiger partial charge on any atom is 0.315 e. The van der Waals surface area contributed by atoms with Gasteiger partial charge in [0, 0.05) is 27.8 Å². The van der Waals surface area contributed by atoms with Crippen molar-refractivity contribution in [3.05, 3.63) is 64.8 Å². The number of rotatable bonds is 5. The Hall–Kier alpha value is -2.83. The van der Waals surface area contributed by atoms with Crippen LogP contribution in [0.3, 0.4) is 0 Å². The number of carbonyl (C=O) groups is 2. The van der Waals surface area contributed by atoms with Gasteiger partial charge in [0.15, 0.2) is 0 Å². The van der Waals surface area contributed by atoms with Gasteiger partial charge in [-0.05, 0) is 35.4 Å². The summed E-state index contributed by atoms with van der Waals surface area (Å²) < 4.78 is 0. The molecule has 0 fully saturated rings. The molecule has 25 heavy (non-hydrogen) atoms. The third-order valence-electron chi connectivity index (χ3n) is 3.91. The zero-order valence-electron chi connectivity index (χ0n) is 13.0. The van der Waals surface area contributed by atoms with E-state index in [1.54, 1.807) is 12.3 Å². The SMILES string of the molecule is O=C(CO)Nc1ccc(Cl)c(C(C(=O)O)c2c[nH]c3ccccc23)c1. The van der Waals surface area contributed by atoms with Gasteiger partial charge in [0.05, 0.1) is 0 Å². The highest BCUT2D eigenvalue weighted by Gasteiger charge is 2.27. The first-order chi connectivity index (χ1) is 12.0. The number of nitrogens with one attached hydrogen (secondary N) is 2. The summed E-state index contributed by atoms with van der Waals surface area (Å²) >= 11 is 6.24. The lowest BCUT2D eigenvalue weighted by molar-refractivity contribution is -0.137. The second kappa shape index (κ2) is 6.96. The maximum atomic E-state index is 12.0. The minimum absolute atomic E-state index is 0.277. The second-order valence-corrected chi connectivity index (χ2v) is 5.91. The van der Waals surface area contributed by atoms with Crippen LogP contribution in [0.2, 0.25) is 5.02 Å². The van der Waals surface area contributed by atoms with Crippen molar-refractivity contribution in [2.45, 2.75) is 5.92 Å². The zero-order valence-corrected chi connectivity index (χ0v) is 13.7. The molecule has 0 radical (unpaired) electrons. The normalized spacial score (nSPS) is 12.1. The van der Waals surface area contributed by atoms with Crippen LogP contribution in [-0.2, 0) is 9.59 Å². The van der Waals surface area contributed by atoms with Crippen molar-refractivity contribution in [1.82, 2.24) is 4.98 Å². The molecule has 1 amide bonds. The van der Waals surface area contributed by atoms with Crippen LogP contribution in [-0.4, -0.2) is 33.7 Å². The number of benzene rings is 2. The van der Waals surface area contributed by atoms with E-state index in [4.69, 9.17) is 16.7 Å². The highest BCUT2D eigenvalue weighted by Crippen LogP contribution is 2.36. The predicted octanol–water partition coefficient (Wildman–Crippen LogP) is 2.97. The molecule has 0 saturated carbocycles. The average Bonchev–Trinajstić information content (AvgIpc) is 3.01. The van der Waals surface area contributed by atoms with Crippen LogP contribution in [0.4, 0.5) is 5.69 Å². The van der Waals surface area contributed by atoms with Crippen LogP contribution >= 0.6 is 11.6 Å². The van der Waals surface area contributed by atoms with Gasteiger partial charge in [0.1, 0.15) is 12.5 Å². The van der Waals surface area contributed by atoms with Crippen LogP contribution < -0.4 is 5.32 Å². The largest absolute Gasteiger partial charge is 0.481 e. The number of carboxylic acid groups (broad SMARTS) is 1. The fourth-order valence-corrected chi connectivity index (χ4v) is 3.04. The first-order valence-corrected chi connectivity index (χ1v) is 7.88. The standard InChI is InChI=1S/C18H15ClN2O4/c19-14-6-5-10(21-16(23)9-22)7-12(14)17(18(24)25)13-8-20-15-4-2-1-3-11(13)15/h1-8,17,20,22H,9H2,(H,21,23)(H,24,25). The molecule has 128 valence electrons. The fourth-order valence-electron chi connectivity index (χ4n) is 2.81. The van der Waals surface area contributed by atoms with E-state index in [9.17, 15) is 14.7 Å². The van der Waals surface area contributed by atoms with Gasteiger partial charge >= 0.3 is 5.97 Å². The average molecular weight is 359 g/mol. The number of carbonyl (C=O) groups excluding carboxylic acids is 1. The third kappa shape index (κ3) is 3.35. The molecule has 1 heterocycles. The van der Waals surface area contributed by atoms with Gasteiger partial charge in [-0.3, -0.25) is 9.59 Å². The van der Waals surface area contributed by atoms with Crippen molar-refractivity contribution in [2.24, 2.45) is 0 Å². The first kappa shape index (κ1) is 17.0. The highest BCUT2D eigenvalue weighted by molar-refractivity contribution is 6.31. The Bertz CT molecular complexity index is 951. The monoisotopic (exact) mass is 358 g/mol. The maximum absolute atomic E-state index is 12.0. The summed E-state index contributed by atoms with van der Waals surface area (Å²) in [5, 5.41) is 22.2. The Balaban J connectivity index is 2.11. The lowest BCUT2D eigenvalue weighted by Crippen LogP contribution is -2.17. The van der Waals surface area contributed by atoms with E-state index in [1.807, 2.05) is 24.3 Å². The number of halogens is 1. The number of fused-ring (bicyclic) bond motifs is 1. The smallest absolute Gasteiger partial charge is 0.315 e. The summed E-state index contributed by atoms with van der Waals surface area (Å²) in [6.45, 7) is -0.664. The van der Waals surface area contributed by atoms with Gasteiger partial charge in [-0.2, -0.15) is 0 Å². The predicted molar refractivity (Wildman–Crippen MR) is 94.9 cm³/mol. The molecule has 0 saturated heterocycles. The summed E-state index contributed by atoms with van der Waals surface area (Å²) in [4.78, 5) is 26.4. The lowest BCUT2D eigenvalue weighted by Gasteiger charge is -2.16. The molecule has 2 aromatic carbocycles. The minimum Gasteiger partial charge on any atom is -0.481 e. The van der Waals surface area contributed by atoms with E-state index in [2.05, 4.69) is 10.3 Å². The van der Waals surface area contributed by atoms with Gasteiger partial charge in [-0.1, -0.05) is 29.8 Å². The van der Waals surface area contributed by atoms with Crippen LogP contribution in [0.15, 0.2) is 48.7 Å². The van der Waals surface area contributed by atoms with E-state index in [0.717, 1.165) is 10.9 Å². The molecule has 0 aliphatic rings. The molecule has 0 aliphatic carbocycles. The van der Waals surface area contributed by atoms with Gasteiger partial charge in [0.25, 0.3) is 0 Å². The molecule has 3 rings (SSSR count). The number of aromatic nitrogens is 1. The summed E-state index contributed by atoms with van der Waals surface area (Å²) in [5.41, 5.74) is 2.12. The number of aliphatic hydroxyl groups is 1. The molecule has 3 aromatic rings. The van der Waals surface area contributed by atoms with E-state index in [1.165, 1.54) is 12.1 Å². The van der Waals surface area contributed by atoms with Crippen LogP contribution in [0, 0.1) is 0 Å². The Morgan fingerprint density at radius 3 is 2.64 bits per heavy atom. The first-order valence-electron chi connectivity index (χ1n) is 7.50. The van der Waals surface area contributed by atoms with Crippen molar-refractivity contribution in [1.29, 1.82) is 0 Å². The zero-order chi connectivity index (χ0) is 18.0. The summed E-state index contributed by atoms with van der Waals surface area (Å²) in [5.74, 6) is -2.65. The van der Waals surface area contributed by atoms with E-state index in [-0.39, 0.29) is 5.02 Å². The van der Waals surface area contributed by atoms with Crippen molar-refractivity contribution < 1.29 is 19.8 Å². The highest BCUT2D eigenvalue weighted by atomic mass is 35.5. The number of anilines is 1. The molecule has 7 heteroatoms. The molecule has 1 unspecified atom stereocenters. The number of para-hydroxylation sites is 1. The van der Waals surface area contributed by atoms with E-state index < -0.39 is 24.4 Å². The van der Waals surface area contributed by atoms with Crippen LogP contribution in [0.5, 0.6) is 0 Å². The number of H-pyrrole nitrogens is 1. The van der Waals surface area contributed by atoms with Gasteiger partial charge in [-0.25, -0.2) is 0 Å². The molecule has 0 bridgehead atoms. The van der Waals surface area contributed by atoms with E-state index >= 15 is 0 Å². The minimum atomic E-state index is -1.06. The number of hydrogen-bond donors (Lipinski definition) is 4. The summed E-state index contributed by atoms with van der Waals surface area (Å²) in [6, 6.07) is 12.0. The van der Waals surface area contributed by atoms with E-state index in [0.29, 0.717) is 16.8 Å². The number of aliphatic hydroxyl groups excluding tert-OH is 1. The van der Waals surface area contributed by atoms with Crippen molar-refractivity contribution in [3.8, 4) is 0 Å². The number of aromatic amines is 1. The Morgan fingerprint density at radius 1 is 1.16 bits per heavy atom. The number of carboxylic acids is 1. The summed E-state index contributed by atoms with van der Waals surface area (Å²) in [6.07, 6.45) is 1.65. The molecular formula is C18H15ClN2O4. The molecule has 1 atom stereocenters. The molecule has 1 aromatic heterocycles. The quantitative estimate of drug-likeness (QED) is 0.563. The Kier molecular flexibility index (Phi) is 4.74. The van der Waals surface area contributed by atoms with Crippen LogP contribution in [0.1, 0.15) is 17.0 Å². The topological polar surface area (TPSA) is 102 Å². The summed E-state index contributed by atoms with van der Waals surface area (Å²) in [7, 11) is 0. The molecular weight excluding hydrogens is 344 g/mol. The number of amides is 1. The van der Waals surface area contributed by atoms with Gasteiger partial charge in [0.2, 0.25) is 5.91 Å². The van der Waals surface area contributed by atoms with Crippen molar-refractivity contribution in [3.63, 3.8) is 0 Å². The molecule has 0 spiro atoms. The van der Waals surface area contributed by atoms with Gasteiger partial charge < -0.3 is 20.5 Å². The molecule has 0 aliphatic heterocycles. The van der Waals surface area contributed by atoms with Crippen LogP contribution in [0.25, 0.3) is 10.9 Å². The van der Waals surface area contributed by atoms with Crippen molar-refractivity contribution in [2.75, 3.05) is 11.9 Å². The fraction of sp³-hybridized carbons (Fsp3) is 0.111. The molecule has 4 N–H and O–H groups in total. The second-order valence-electron chi connectivity index (χ2n) is 5.50. The van der Waals surface area contributed by atoms with Crippen molar-refractivity contribution >= 4 is 40.1 Å². The molecule has 6 nitrogen and oxygen atoms in total. The number of hydrogen-bond acceptors (Lipinski definition) is 3.